The molecule has 1 nitrogen and oxygen atoms in total. The van der Waals surface area contributed by atoms with Crippen LogP contribution in [0.15, 0.2) is 34.8 Å². The summed E-state index contributed by atoms with van der Waals surface area (Å²) in [7, 11) is 0. The first-order valence-corrected chi connectivity index (χ1v) is 5.76. The van der Waals surface area contributed by atoms with Gasteiger partial charge < -0.3 is 5.32 Å². The number of rotatable bonds is 0. The van der Waals surface area contributed by atoms with Crippen LogP contribution in [0.5, 0.6) is 0 Å². The van der Waals surface area contributed by atoms with Gasteiger partial charge in [-0.25, -0.2) is 0 Å². The number of hydrogen-bond acceptors (Lipinski definition) is 1. The van der Waals surface area contributed by atoms with Gasteiger partial charge >= 0.3 is 0 Å². The zero-order valence-electron chi connectivity index (χ0n) is 7.89. The fraction of sp³-hybridized carbons (Fsp3) is 0.333. The van der Waals surface area contributed by atoms with E-state index in [9.17, 15) is 0 Å². The molecule has 2 unspecified atom stereocenters. The molecule has 1 aromatic rings. The Bertz CT molecular complexity index is 411. The molecule has 1 fully saturated rings. The number of fused-ring (bicyclic) bond motifs is 3. The fourth-order valence-electron chi connectivity index (χ4n) is 2.58. The van der Waals surface area contributed by atoms with Crippen LogP contribution >= 0.6 is 15.9 Å². The molecule has 1 aromatic carbocycles. The molecule has 14 heavy (non-hydrogen) atoms. The maximum Gasteiger partial charge on any atom is 0.0387 e. The van der Waals surface area contributed by atoms with Gasteiger partial charge in [0.15, 0.2) is 0 Å². The van der Waals surface area contributed by atoms with E-state index in [1.54, 1.807) is 0 Å². The van der Waals surface area contributed by atoms with Gasteiger partial charge in [-0.05, 0) is 30.0 Å². The molecule has 1 aliphatic heterocycles. The van der Waals surface area contributed by atoms with Gasteiger partial charge in [0.2, 0.25) is 0 Å². The highest BCUT2D eigenvalue weighted by Crippen LogP contribution is 2.52. The highest BCUT2D eigenvalue weighted by atomic mass is 79.9. The third-order valence-corrected chi connectivity index (χ3v) is 4.12. The maximum absolute atomic E-state index is 4.09. The third kappa shape index (κ3) is 1.01. The molecule has 1 saturated carbocycles. The Morgan fingerprint density at radius 3 is 3.00 bits per heavy atom. The van der Waals surface area contributed by atoms with E-state index < -0.39 is 0 Å². The van der Waals surface area contributed by atoms with Crippen molar-refractivity contribution < 1.29 is 0 Å². The Morgan fingerprint density at radius 2 is 2.21 bits per heavy atom. The Balaban J connectivity index is 2.11. The van der Waals surface area contributed by atoms with Gasteiger partial charge in [0, 0.05) is 22.6 Å². The molecule has 2 heteroatoms. The Labute approximate surface area is 92.3 Å². The van der Waals surface area contributed by atoms with Crippen LogP contribution in [0, 0.1) is 5.92 Å². The van der Waals surface area contributed by atoms with Gasteiger partial charge in [0.1, 0.15) is 0 Å². The van der Waals surface area contributed by atoms with Crippen LogP contribution in [0.2, 0.25) is 0 Å². The van der Waals surface area contributed by atoms with E-state index >= 15 is 0 Å². The van der Waals surface area contributed by atoms with Gasteiger partial charge in [0.05, 0.1) is 0 Å². The van der Waals surface area contributed by atoms with E-state index in [1.165, 1.54) is 27.7 Å². The van der Waals surface area contributed by atoms with E-state index in [-0.39, 0.29) is 0 Å². The molecule has 3 rings (SSSR count). The molecule has 2 atom stereocenters. The summed E-state index contributed by atoms with van der Waals surface area (Å²) in [6.45, 7) is 5.15. The van der Waals surface area contributed by atoms with E-state index in [1.807, 2.05) is 0 Å². The standard InChI is InChI=1S/C12H12BrN/c1-7-5-8-9(7)6-14-11-4-2-3-10(13)12(8)11/h2-4,8-9,14H,1,5-6H2. The zero-order valence-corrected chi connectivity index (χ0v) is 9.47. The van der Waals surface area contributed by atoms with Crippen molar-refractivity contribution in [1.29, 1.82) is 0 Å². The normalized spacial score (nSPS) is 28.5. The number of hydrogen-bond donors (Lipinski definition) is 1. The van der Waals surface area contributed by atoms with Gasteiger partial charge in [-0.2, -0.15) is 0 Å². The number of nitrogens with one attached hydrogen (secondary N) is 1. The van der Waals surface area contributed by atoms with Gasteiger partial charge in [0.25, 0.3) is 0 Å². The first kappa shape index (κ1) is 8.54. The number of halogens is 1. The van der Waals surface area contributed by atoms with E-state index in [2.05, 4.69) is 46.0 Å². The van der Waals surface area contributed by atoms with Crippen molar-refractivity contribution in [3.63, 3.8) is 0 Å². The van der Waals surface area contributed by atoms with Crippen molar-refractivity contribution >= 4 is 21.6 Å². The van der Waals surface area contributed by atoms with Crippen LogP contribution in [-0.2, 0) is 0 Å². The lowest BCUT2D eigenvalue weighted by molar-refractivity contribution is 0.376. The fourth-order valence-corrected chi connectivity index (χ4v) is 3.24. The van der Waals surface area contributed by atoms with Crippen LogP contribution in [0.25, 0.3) is 0 Å². The van der Waals surface area contributed by atoms with Crippen LogP contribution in [0.4, 0.5) is 5.69 Å². The van der Waals surface area contributed by atoms with Gasteiger partial charge in [-0.15, -0.1) is 0 Å². The first-order valence-electron chi connectivity index (χ1n) is 4.97. The van der Waals surface area contributed by atoms with Crippen molar-refractivity contribution in [3.8, 4) is 0 Å². The molecular weight excluding hydrogens is 238 g/mol. The van der Waals surface area contributed by atoms with E-state index in [0.29, 0.717) is 11.8 Å². The Kier molecular flexibility index (Phi) is 1.75. The third-order valence-electron chi connectivity index (χ3n) is 3.43. The Morgan fingerprint density at radius 1 is 1.36 bits per heavy atom. The summed E-state index contributed by atoms with van der Waals surface area (Å²) < 4.78 is 1.24. The molecule has 0 spiro atoms. The second-order valence-electron chi connectivity index (χ2n) is 4.16. The average Bonchev–Trinajstić information content (AvgIpc) is 2.16. The SMILES string of the molecule is C=C1CC2c3c(Br)cccc3NCC12. The van der Waals surface area contributed by atoms with Crippen molar-refractivity contribution in [2.75, 3.05) is 11.9 Å². The predicted molar refractivity (Wildman–Crippen MR) is 62.6 cm³/mol. The molecule has 1 heterocycles. The molecule has 2 aliphatic rings. The monoisotopic (exact) mass is 249 g/mol. The van der Waals surface area contributed by atoms with E-state index in [4.69, 9.17) is 0 Å². The number of anilines is 1. The molecule has 1 N–H and O–H groups in total. The van der Waals surface area contributed by atoms with Gasteiger partial charge in [-0.1, -0.05) is 34.1 Å². The highest BCUT2D eigenvalue weighted by molar-refractivity contribution is 9.10. The second kappa shape index (κ2) is 2.86. The van der Waals surface area contributed by atoms with Crippen molar-refractivity contribution in [2.45, 2.75) is 12.3 Å². The number of benzene rings is 1. The summed E-state index contributed by atoms with van der Waals surface area (Å²) in [6.07, 6.45) is 1.17. The van der Waals surface area contributed by atoms with Crippen molar-refractivity contribution in [1.82, 2.24) is 0 Å². The smallest absolute Gasteiger partial charge is 0.0387 e. The lowest BCUT2D eigenvalue weighted by atomic mass is 9.65. The molecule has 0 bridgehead atoms. The lowest BCUT2D eigenvalue weighted by Crippen LogP contribution is -2.37. The summed E-state index contributed by atoms with van der Waals surface area (Å²) in [6, 6.07) is 6.38. The second-order valence-corrected chi connectivity index (χ2v) is 5.01. The summed E-state index contributed by atoms with van der Waals surface area (Å²) in [5, 5.41) is 3.47. The van der Waals surface area contributed by atoms with Crippen molar-refractivity contribution in [3.05, 3.63) is 40.4 Å². The Hall–Kier alpha value is -0.760. The lowest BCUT2D eigenvalue weighted by Gasteiger charge is -2.44. The molecule has 0 radical (unpaired) electrons. The molecule has 72 valence electrons. The van der Waals surface area contributed by atoms with Crippen LogP contribution in [0.3, 0.4) is 0 Å². The minimum atomic E-state index is 0.668. The quantitative estimate of drug-likeness (QED) is 0.694. The first-order chi connectivity index (χ1) is 6.77. The average molecular weight is 250 g/mol. The molecule has 0 saturated heterocycles. The van der Waals surface area contributed by atoms with Crippen LogP contribution in [-0.4, -0.2) is 6.54 Å². The molecule has 1 aliphatic carbocycles. The summed E-state index contributed by atoms with van der Waals surface area (Å²) in [5.41, 5.74) is 4.16. The topological polar surface area (TPSA) is 12.0 Å². The van der Waals surface area contributed by atoms with Crippen LogP contribution < -0.4 is 5.32 Å². The zero-order chi connectivity index (χ0) is 9.71. The summed E-state index contributed by atoms with van der Waals surface area (Å²) >= 11 is 3.63. The summed E-state index contributed by atoms with van der Waals surface area (Å²) in [5.74, 6) is 1.37. The minimum absolute atomic E-state index is 0.668. The molecular formula is C12H12BrN. The minimum Gasteiger partial charge on any atom is -0.384 e. The maximum atomic E-state index is 4.09. The predicted octanol–water partition coefficient (Wildman–Crippen LogP) is 3.53. The van der Waals surface area contributed by atoms with E-state index in [0.717, 1.165) is 6.54 Å². The molecule has 0 amide bonds. The van der Waals surface area contributed by atoms with Crippen molar-refractivity contribution in [2.24, 2.45) is 5.92 Å². The van der Waals surface area contributed by atoms with Gasteiger partial charge in [-0.3, -0.25) is 0 Å². The van der Waals surface area contributed by atoms with Crippen LogP contribution in [0.1, 0.15) is 17.9 Å². The highest BCUT2D eigenvalue weighted by Gasteiger charge is 2.40. The molecule has 0 aromatic heterocycles. The summed E-state index contributed by atoms with van der Waals surface area (Å²) in [4.78, 5) is 0. The largest absolute Gasteiger partial charge is 0.384 e.